The molecule has 11 atom stereocenters. The van der Waals surface area contributed by atoms with Crippen molar-refractivity contribution in [2.75, 3.05) is 88.2 Å². The van der Waals surface area contributed by atoms with Crippen molar-refractivity contribution in [2.24, 2.45) is 23.7 Å². The Hall–Kier alpha value is -6.65. The fourth-order valence-electron chi connectivity index (χ4n) is 16.4. The number of nitrogens with zero attached hydrogens (tertiary/aromatic N) is 9. The largest absolute Gasteiger partial charge is 0.417 e. The lowest BCUT2D eigenvalue weighted by Crippen LogP contribution is -2.65. The number of ether oxygens (including phenoxy) is 1. The summed E-state index contributed by atoms with van der Waals surface area (Å²) >= 11 is 6.17. The lowest BCUT2D eigenvalue weighted by molar-refractivity contribution is -0.160. The number of rotatable bonds is 12. The van der Waals surface area contributed by atoms with E-state index in [0.717, 1.165) is 62.0 Å². The van der Waals surface area contributed by atoms with Crippen LogP contribution >= 0.6 is 11.6 Å². The van der Waals surface area contributed by atoms with Gasteiger partial charge >= 0.3 is 6.18 Å². The Morgan fingerprint density at radius 2 is 1.29 bits per heavy atom. The molecule has 4 aliphatic heterocycles. The molecule has 29 heteroatoms. The van der Waals surface area contributed by atoms with Crippen molar-refractivity contribution in [3.63, 3.8) is 0 Å². The van der Waals surface area contributed by atoms with Crippen LogP contribution in [-0.2, 0) is 70.1 Å². The Kier molecular flexibility index (Phi) is 28.1. The third kappa shape index (κ3) is 18.9. The molecule has 4 heterocycles. The van der Waals surface area contributed by atoms with Crippen LogP contribution in [0.2, 0.25) is 5.02 Å². The maximum atomic E-state index is 15.8. The van der Waals surface area contributed by atoms with E-state index >= 15 is 28.8 Å². The fraction of sp³-hybridized carbons (Fsp3) is 0.767. The van der Waals surface area contributed by atoms with Crippen LogP contribution in [0.25, 0.3) is 0 Å². The number of benzene rings is 1. The van der Waals surface area contributed by atoms with Crippen LogP contribution in [0.3, 0.4) is 0 Å². The number of carbonyl (C=O) groups excluding carboxylic acids is 11. The summed E-state index contributed by atoms with van der Waals surface area (Å²) in [7, 11) is 8.80. The van der Waals surface area contributed by atoms with Crippen molar-refractivity contribution in [3.05, 3.63) is 34.3 Å². The fourth-order valence-corrected chi connectivity index (χ4v) is 16.7. The number of aliphatic hydroxyl groups is 1. The van der Waals surface area contributed by atoms with Crippen LogP contribution < -0.4 is 16.0 Å². The molecular weight excluding hydrogens is 1350 g/mol. The molecule has 25 nitrogen and oxygen atoms in total. The summed E-state index contributed by atoms with van der Waals surface area (Å²) in [6.45, 7) is 9.52. The van der Waals surface area contributed by atoms with Gasteiger partial charge < -0.3 is 65.0 Å². The van der Waals surface area contributed by atoms with Crippen LogP contribution in [-0.4, -0.2) is 269 Å². The average molecular weight is 1460 g/mol. The number of carbonyl (C=O) groups is 11. The van der Waals surface area contributed by atoms with Crippen LogP contribution in [0.4, 0.5) is 13.2 Å². The Morgan fingerprint density at radius 1 is 0.657 bits per heavy atom. The van der Waals surface area contributed by atoms with Crippen molar-refractivity contribution in [1.82, 2.24) is 60.0 Å². The van der Waals surface area contributed by atoms with Crippen molar-refractivity contribution in [2.45, 2.75) is 248 Å². The van der Waals surface area contributed by atoms with E-state index in [9.17, 15) is 42.3 Å². The molecule has 0 bridgehead atoms. The van der Waals surface area contributed by atoms with Gasteiger partial charge in [0.15, 0.2) is 0 Å². The molecule has 1 aromatic rings. The minimum atomic E-state index is -4.76. The first-order chi connectivity index (χ1) is 48.2. The summed E-state index contributed by atoms with van der Waals surface area (Å²) < 4.78 is 47.4. The number of aryl methyl sites for hydroxylation is 1. The first-order valence-electron chi connectivity index (χ1n) is 37.2. The molecule has 3 unspecified atom stereocenters. The lowest BCUT2D eigenvalue weighted by Gasteiger charge is -2.45. The summed E-state index contributed by atoms with van der Waals surface area (Å²) in [6, 6.07) is -7.51. The van der Waals surface area contributed by atoms with Crippen molar-refractivity contribution >= 4 is 76.6 Å². The van der Waals surface area contributed by atoms with Gasteiger partial charge in [-0.05, 0) is 119 Å². The molecule has 1 aromatic carbocycles. The maximum Gasteiger partial charge on any atom is 0.417 e. The van der Waals surface area contributed by atoms with Gasteiger partial charge in [0, 0.05) is 68.5 Å². The Labute approximate surface area is 604 Å². The molecule has 4 N–H and O–H groups in total. The number of alkyl halides is 3. The topological polar surface area (TPSA) is 282 Å². The summed E-state index contributed by atoms with van der Waals surface area (Å²) in [6.07, 6.45) is 2.94. The SMILES string of the molecule is CCC(C)[C@@H]1NC(=O)[C@H](CC(C)C)N(C)C(=O)C[C@@H](C(O)N2CCOCC2)N(C)C(=O)[C@H](C2CCCC2)N(C)C(=O)C2(CCCC2)NC(=O)[C@@H]2CCCN2C(=O)[C@H](CCc2ccc(C(F)(F)F)c(Cl)c2)NC(=O)CN(C)C(=O)C(CC2CCCCC2)N(C)C(=O)[C@@H]2CCN2C(=O)[C@H](C)N(C)C1=O. The predicted octanol–water partition coefficient (Wildman–Crippen LogP) is 5.20. The minimum absolute atomic E-state index is 0.0243. The van der Waals surface area contributed by atoms with Crippen molar-refractivity contribution in [3.8, 4) is 0 Å². The molecule has 8 rings (SSSR count). The molecule has 102 heavy (non-hydrogen) atoms. The number of aliphatic hydroxyl groups excluding tert-OH is 1. The summed E-state index contributed by atoms with van der Waals surface area (Å²) in [5.41, 5.74) is -2.32. The minimum Gasteiger partial charge on any atom is -0.379 e. The maximum absolute atomic E-state index is 15.8. The molecule has 7 aliphatic rings. The summed E-state index contributed by atoms with van der Waals surface area (Å²) in [5.74, 6) is -7.87. The van der Waals surface area contributed by atoms with Gasteiger partial charge in [0.25, 0.3) is 0 Å². The molecule has 4 saturated heterocycles. The van der Waals surface area contributed by atoms with Gasteiger partial charge in [0.05, 0.1) is 42.8 Å². The Balaban J connectivity index is 1.18. The quantitative estimate of drug-likeness (QED) is 0.209. The first kappa shape index (κ1) is 81.0. The third-order valence-corrected chi connectivity index (χ3v) is 23.6. The van der Waals surface area contributed by atoms with Gasteiger partial charge in [-0.15, -0.1) is 0 Å². The number of halogens is 4. The first-order valence-corrected chi connectivity index (χ1v) is 37.5. The Morgan fingerprint density at radius 3 is 1.89 bits per heavy atom. The van der Waals surface area contributed by atoms with E-state index < -0.39 is 167 Å². The van der Waals surface area contributed by atoms with Crippen LogP contribution in [0.5, 0.6) is 0 Å². The van der Waals surface area contributed by atoms with E-state index in [4.69, 9.17) is 16.3 Å². The third-order valence-electron chi connectivity index (χ3n) is 23.2. The van der Waals surface area contributed by atoms with Crippen LogP contribution in [0.15, 0.2) is 18.2 Å². The highest BCUT2D eigenvalue weighted by Gasteiger charge is 2.52. The standard InChI is InChI=1S/C73H112ClF3N12O13/c1-12-45(4)60-69(99)82(7)46(5)64(94)89-34-30-54(89)67(97)84(9)56(41-47-21-14-13-15-22-47)66(96)81(6)43-58(90)78-52(29-27-48-26-28-50(51(74)40-48)73(75,76)77)65(95)88-33-20-25-53(88)63(93)80-72(31-18-19-32-72)71(101)86(11)61(49-23-16-17-24-49)70(100)85(10)57(68(98)87-35-37-102-38-36-87)42-59(91)83(8)55(39-44(2)3)62(92)79-60/h26,28,40,44-47,49,52-57,60-61,68,98H,12-25,27,29-39,41-43H2,1-11H3,(H,78,90)(H,79,92)(H,80,93)/t45?,46-,52-,53-,54-,55-,56?,57-,60-,61-,68?/m0/s1. The van der Waals surface area contributed by atoms with Crippen molar-refractivity contribution in [1.29, 1.82) is 0 Å². The van der Waals surface area contributed by atoms with E-state index in [0.29, 0.717) is 44.1 Å². The molecule has 1 spiro atoms. The number of hydrogen-bond donors (Lipinski definition) is 4. The lowest BCUT2D eigenvalue weighted by atomic mass is 9.84. The highest BCUT2D eigenvalue weighted by Crippen LogP contribution is 2.39. The van der Waals surface area contributed by atoms with Crippen LogP contribution in [0, 0.1) is 23.7 Å². The van der Waals surface area contributed by atoms with Crippen molar-refractivity contribution < 1.29 is 75.8 Å². The molecule has 0 aromatic heterocycles. The van der Waals surface area contributed by atoms with Gasteiger partial charge in [-0.1, -0.05) is 110 Å². The second-order valence-electron chi connectivity index (χ2n) is 30.5. The highest BCUT2D eigenvalue weighted by molar-refractivity contribution is 6.31. The average Bonchev–Trinajstić information content (AvgIpc) is 1.74. The molecule has 11 amide bonds. The van der Waals surface area contributed by atoms with E-state index in [2.05, 4.69) is 16.0 Å². The number of morpholine rings is 1. The van der Waals surface area contributed by atoms with E-state index in [1.807, 2.05) is 20.8 Å². The molecule has 570 valence electrons. The zero-order valence-electron chi connectivity index (χ0n) is 61.7. The number of amides is 11. The van der Waals surface area contributed by atoms with E-state index in [1.54, 1.807) is 11.8 Å². The number of nitrogens with one attached hydrogen (secondary N) is 3. The number of hydrogen-bond acceptors (Lipinski definition) is 14. The highest BCUT2D eigenvalue weighted by atomic mass is 35.5. The molecule has 0 radical (unpaired) electrons. The van der Waals surface area contributed by atoms with Gasteiger partial charge in [-0.2, -0.15) is 13.2 Å². The molecular formula is C73H112ClF3N12O13. The molecule has 3 saturated carbocycles. The van der Waals surface area contributed by atoms with Gasteiger partial charge in [-0.3, -0.25) is 57.6 Å². The van der Waals surface area contributed by atoms with E-state index in [-0.39, 0.29) is 109 Å². The second kappa shape index (κ2) is 35.4. The zero-order valence-corrected chi connectivity index (χ0v) is 62.5. The summed E-state index contributed by atoms with van der Waals surface area (Å²) in [4.78, 5) is 178. The zero-order chi connectivity index (χ0) is 74.8. The predicted molar refractivity (Wildman–Crippen MR) is 374 cm³/mol. The smallest absolute Gasteiger partial charge is 0.379 e. The number of likely N-dealkylation sites (N-methyl/N-ethyl adjacent to an activating group) is 6. The van der Waals surface area contributed by atoms with Gasteiger partial charge in [-0.25, -0.2) is 0 Å². The van der Waals surface area contributed by atoms with Gasteiger partial charge in [0.1, 0.15) is 60.1 Å². The van der Waals surface area contributed by atoms with Gasteiger partial charge in [0.2, 0.25) is 65.0 Å². The number of fused-ring (bicyclic) bond motifs is 2. The summed E-state index contributed by atoms with van der Waals surface area (Å²) in [5, 5.41) is 20.8. The van der Waals surface area contributed by atoms with E-state index in [1.165, 1.54) is 89.6 Å². The monoisotopic (exact) mass is 1460 g/mol. The van der Waals surface area contributed by atoms with Crippen LogP contribution in [0.1, 0.15) is 181 Å². The normalized spacial score (nSPS) is 29.0. The molecule has 3 aliphatic carbocycles. The Bertz CT molecular complexity index is 3180. The molecule has 7 fully saturated rings. The second-order valence-corrected chi connectivity index (χ2v) is 30.9.